The molecule has 1 aliphatic rings. The second-order valence-electron chi connectivity index (χ2n) is 5.74. The summed E-state index contributed by atoms with van der Waals surface area (Å²) in [4.78, 5) is 0. The number of halogens is 1. The van der Waals surface area contributed by atoms with Crippen LogP contribution in [-0.2, 0) is 0 Å². The molecule has 19 heavy (non-hydrogen) atoms. The predicted molar refractivity (Wildman–Crippen MR) is 76.9 cm³/mol. The van der Waals surface area contributed by atoms with E-state index in [0.29, 0.717) is 17.4 Å². The lowest BCUT2D eigenvalue weighted by Gasteiger charge is -2.37. The number of rotatable bonds is 4. The molecule has 0 radical (unpaired) electrons. The van der Waals surface area contributed by atoms with Crippen LogP contribution in [0.4, 0.5) is 4.39 Å². The van der Waals surface area contributed by atoms with Crippen LogP contribution in [0.15, 0.2) is 18.2 Å². The van der Waals surface area contributed by atoms with E-state index in [2.05, 4.69) is 12.3 Å². The number of nitrogens with one attached hydrogen (secondary N) is 1. The molecule has 0 aliphatic heterocycles. The number of hydrazine groups is 1. The van der Waals surface area contributed by atoms with Crippen LogP contribution in [0.5, 0.6) is 0 Å². The first-order valence-corrected chi connectivity index (χ1v) is 7.40. The van der Waals surface area contributed by atoms with Gasteiger partial charge in [-0.1, -0.05) is 50.8 Å². The summed E-state index contributed by atoms with van der Waals surface area (Å²) in [7, 11) is 0. The normalized spacial score (nSPS) is 25.3. The van der Waals surface area contributed by atoms with E-state index in [-0.39, 0.29) is 11.9 Å². The fourth-order valence-electron chi connectivity index (χ4n) is 3.54. The lowest BCUT2D eigenvalue weighted by molar-refractivity contribution is 0.173. The molecule has 2 nitrogen and oxygen atoms in total. The first-order chi connectivity index (χ1) is 9.19. The van der Waals surface area contributed by atoms with Gasteiger partial charge < -0.3 is 0 Å². The Balaban J connectivity index is 2.30. The van der Waals surface area contributed by atoms with Crippen molar-refractivity contribution in [3.8, 4) is 0 Å². The van der Waals surface area contributed by atoms with Crippen molar-refractivity contribution in [3.05, 3.63) is 35.1 Å². The van der Waals surface area contributed by atoms with E-state index >= 15 is 0 Å². The molecule has 0 spiro atoms. The molecule has 0 amide bonds. The van der Waals surface area contributed by atoms with Crippen LogP contribution in [0.25, 0.3) is 0 Å². The van der Waals surface area contributed by atoms with Crippen molar-refractivity contribution in [2.75, 3.05) is 0 Å². The lowest BCUT2D eigenvalue weighted by atomic mass is 9.72. The maximum Gasteiger partial charge on any atom is 0.130 e. The Morgan fingerprint density at radius 1 is 1.37 bits per heavy atom. The highest BCUT2D eigenvalue weighted by Gasteiger charge is 2.32. The molecule has 1 aliphatic carbocycles. The summed E-state index contributed by atoms with van der Waals surface area (Å²) in [5, 5.41) is 0. The number of hydrogen-bond acceptors (Lipinski definition) is 2. The third-order valence-corrected chi connectivity index (χ3v) is 4.66. The molecule has 1 fully saturated rings. The highest BCUT2D eigenvalue weighted by molar-refractivity contribution is 5.28. The number of aryl methyl sites for hydroxylation is 1. The Morgan fingerprint density at radius 3 is 2.79 bits per heavy atom. The topological polar surface area (TPSA) is 38.0 Å². The maximum atomic E-state index is 14.3. The molecule has 0 bridgehead atoms. The van der Waals surface area contributed by atoms with E-state index in [1.165, 1.54) is 19.3 Å². The fourth-order valence-corrected chi connectivity index (χ4v) is 3.54. The van der Waals surface area contributed by atoms with E-state index in [0.717, 1.165) is 18.4 Å². The number of benzene rings is 1. The zero-order valence-electron chi connectivity index (χ0n) is 12.0. The Kier molecular flexibility index (Phi) is 4.94. The minimum Gasteiger partial charge on any atom is -0.271 e. The van der Waals surface area contributed by atoms with Crippen molar-refractivity contribution in [2.45, 2.75) is 52.0 Å². The van der Waals surface area contributed by atoms with Gasteiger partial charge in [0.05, 0.1) is 6.04 Å². The zero-order valence-corrected chi connectivity index (χ0v) is 12.0. The summed E-state index contributed by atoms with van der Waals surface area (Å²) in [5.74, 6) is 6.74. The van der Waals surface area contributed by atoms with Crippen molar-refractivity contribution in [1.82, 2.24) is 5.43 Å². The van der Waals surface area contributed by atoms with Gasteiger partial charge in [-0.15, -0.1) is 0 Å². The molecule has 2 rings (SSSR count). The highest BCUT2D eigenvalue weighted by Crippen LogP contribution is 2.40. The molecule has 1 aromatic carbocycles. The largest absolute Gasteiger partial charge is 0.271 e. The molecule has 0 aromatic heterocycles. The van der Waals surface area contributed by atoms with E-state index in [1.807, 2.05) is 25.1 Å². The molecule has 3 N–H and O–H groups in total. The quantitative estimate of drug-likeness (QED) is 0.640. The van der Waals surface area contributed by atoms with E-state index in [1.54, 1.807) is 0 Å². The van der Waals surface area contributed by atoms with E-state index in [4.69, 9.17) is 5.84 Å². The van der Waals surface area contributed by atoms with Gasteiger partial charge in [0, 0.05) is 5.56 Å². The zero-order chi connectivity index (χ0) is 13.8. The van der Waals surface area contributed by atoms with Crippen LogP contribution in [0.3, 0.4) is 0 Å². The van der Waals surface area contributed by atoms with Gasteiger partial charge in [-0.25, -0.2) is 4.39 Å². The van der Waals surface area contributed by atoms with E-state index in [9.17, 15) is 4.39 Å². The molecule has 0 heterocycles. The van der Waals surface area contributed by atoms with Crippen molar-refractivity contribution in [2.24, 2.45) is 17.7 Å². The van der Waals surface area contributed by atoms with Gasteiger partial charge in [0.1, 0.15) is 5.82 Å². The standard InChI is InChI=1S/C16H25FN2/c1-3-12-8-4-5-9-13(12)16(19-18)14-10-6-7-11(2)15(14)17/h6-7,10,12-13,16,19H,3-5,8-9,18H2,1-2H3. The molecule has 3 heteroatoms. The summed E-state index contributed by atoms with van der Waals surface area (Å²) in [6, 6.07) is 5.53. The molecule has 1 aromatic rings. The van der Waals surface area contributed by atoms with Crippen LogP contribution in [0.2, 0.25) is 0 Å². The first-order valence-electron chi connectivity index (χ1n) is 7.40. The third kappa shape index (κ3) is 2.98. The Morgan fingerprint density at radius 2 is 2.11 bits per heavy atom. The Hall–Kier alpha value is -0.930. The average Bonchev–Trinajstić information content (AvgIpc) is 2.45. The van der Waals surface area contributed by atoms with Gasteiger partial charge in [0.15, 0.2) is 0 Å². The van der Waals surface area contributed by atoms with Gasteiger partial charge in [-0.2, -0.15) is 0 Å². The molecule has 3 atom stereocenters. The number of hydrogen-bond donors (Lipinski definition) is 2. The summed E-state index contributed by atoms with van der Waals surface area (Å²) in [6.45, 7) is 4.04. The smallest absolute Gasteiger partial charge is 0.130 e. The Labute approximate surface area is 115 Å². The summed E-state index contributed by atoms with van der Waals surface area (Å²) < 4.78 is 14.3. The molecular weight excluding hydrogens is 239 g/mol. The average molecular weight is 264 g/mol. The maximum absolute atomic E-state index is 14.3. The SMILES string of the molecule is CCC1CCCCC1C(NN)c1cccc(C)c1F. The van der Waals surface area contributed by atoms with Gasteiger partial charge in [-0.3, -0.25) is 11.3 Å². The van der Waals surface area contributed by atoms with Gasteiger partial charge >= 0.3 is 0 Å². The van der Waals surface area contributed by atoms with Crippen LogP contribution >= 0.6 is 0 Å². The minimum atomic E-state index is -0.106. The monoisotopic (exact) mass is 264 g/mol. The van der Waals surface area contributed by atoms with Crippen LogP contribution < -0.4 is 11.3 Å². The van der Waals surface area contributed by atoms with Crippen molar-refractivity contribution < 1.29 is 4.39 Å². The summed E-state index contributed by atoms with van der Waals surface area (Å²) in [6.07, 6.45) is 6.05. The molecule has 0 saturated heterocycles. The van der Waals surface area contributed by atoms with Crippen LogP contribution in [-0.4, -0.2) is 0 Å². The van der Waals surface area contributed by atoms with E-state index < -0.39 is 0 Å². The molecule has 106 valence electrons. The second kappa shape index (κ2) is 6.49. The summed E-state index contributed by atoms with van der Waals surface area (Å²) in [5.41, 5.74) is 4.31. The summed E-state index contributed by atoms with van der Waals surface area (Å²) >= 11 is 0. The third-order valence-electron chi connectivity index (χ3n) is 4.66. The van der Waals surface area contributed by atoms with Gasteiger partial charge in [0.25, 0.3) is 0 Å². The second-order valence-corrected chi connectivity index (χ2v) is 5.74. The van der Waals surface area contributed by atoms with Crippen molar-refractivity contribution >= 4 is 0 Å². The minimum absolute atomic E-state index is 0.0647. The number of nitrogens with two attached hydrogens (primary N) is 1. The van der Waals surface area contributed by atoms with Crippen molar-refractivity contribution in [1.29, 1.82) is 0 Å². The molecule has 1 saturated carbocycles. The fraction of sp³-hybridized carbons (Fsp3) is 0.625. The van der Waals surface area contributed by atoms with Gasteiger partial charge in [0.2, 0.25) is 0 Å². The van der Waals surface area contributed by atoms with Gasteiger partial charge in [-0.05, 0) is 30.7 Å². The molecular formula is C16H25FN2. The first kappa shape index (κ1) is 14.5. The Bertz CT molecular complexity index is 419. The van der Waals surface area contributed by atoms with Crippen LogP contribution in [0.1, 0.15) is 56.2 Å². The van der Waals surface area contributed by atoms with Crippen LogP contribution in [0, 0.1) is 24.6 Å². The van der Waals surface area contributed by atoms with Crippen molar-refractivity contribution in [3.63, 3.8) is 0 Å². The molecule has 3 unspecified atom stereocenters. The predicted octanol–water partition coefficient (Wildman–Crippen LogP) is 3.85. The lowest BCUT2D eigenvalue weighted by Crippen LogP contribution is -2.38. The highest BCUT2D eigenvalue weighted by atomic mass is 19.1.